The average molecular weight is 496 g/mol. The van der Waals surface area contributed by atoms with Gasteiger partial charge in [0, 0.05) is 3.92 Å². The molecule has 0 radical (unpaired) electrons. The Morgan fingerprint density at radius 2 is 1.24 bits per heavy atom. The Bertz CT molecular complexity index is 862. The normalized spacial score (nSPS) is 12.1. The number of benzene rings is 3. The highest BCUT2D eigenvalue weighted by atomic mass is 127. The Balaban J connectivity index is 1.70. The van der Waals surface area contributed by atoms with Crippen LogP contribution in [0.5, 0.6) is 0 Å². The number of alkyl halides is 1. The van der Waals surface area contributed by atoms with Crippen molar-refractivity contribution in [2.45, 2.75) is 62.7 Å². The van der Waals surface area contributed by atoms with Crippen molar-refractivity contribution in [2.75, 3.05) is 0 Å². The molecule has 0 aliphatic rings. The molecule has 1 atom stereocenters. The van der Waals surface area contributed by atoms with Crippen LogP contribution in [-0.4, -0.2) is 0 Å². The first kappa shape index (κ1) is 22.1. The minimum atomic E-state index is 0.600. The first-order chi connectivity index (χ1) is 14.2. The second-order valence-corrected chi connectivity index (χ2v) is 9.47. The van der Waals surface area contributed by atoms with Gasteiger partial charge in [-0.2, -0.15) is 0 Å². The van der Waals surface area contributed by atoms with E-state index in [2.05, 4.69) is 109 Å². The Labute approximate surface area is 190 Å². The van der Waals surface area contributed by atoms with Gasteiger partial charge in [-0.05, 0) is 52.6 Å². The van der Waals surface area contributed by atoms with Gasteiger partial charge in [0.2, 0.25) is 0 Å². The number of hydrogen-bond acceptors (Lipinski definition) is 0. The Morgan fingerprint density at radius 3 is 1.86 bits per heavy atom. The Morgan fingerprint density at radius 1 is 0.655 bits per heavy atom. The van der Waals surface area contributed by atoms with Crippen LogP contribution in [0.4, 0.5) is 0 Å². The lowest BCUT2D eigenvalue weighted by Crippen LogP contribution is -1.91. The summed E-state index contributed by atoms with van der Waals surface area (Å²) >= 11 is 2.59. The lowest BCUT2D eigenvalue weighted by Gasteiger charge is -2.12. The summed E-state index contributed by atoms with van der Waals surface area (Å²) in [5.41, 5.74) is 8.10. The van der Waals surface area contributed by atoms with E-state index in [1.807, 2.05) is 0 Å². The lowest BCUT2D eigenvalue weighted by atomic mass is 9.97. The van der Waals surface area contributed by atoms with Gasteiger partial charge in [-0.15, -0.1) is 0 Å². The summed E-state index contributed by atoms with van der Waals surface area (Å²) in [4.78, 5) is 0. The monoisotopic (exact) mass is 496 g/mol. The van der Waals surface area contributed by atoms with Gasteiger partial charge in [0.25, 0.3) is 0 Å². The molecular formula is C28H33I. The molecule has 0 heterocycles. The second kappa shape index (κ2) is 11.5. The minimum absolute atomic E-state index is 0.600. The van der Waals surface area contributed by atoms with E-state index >= 15 is 0 Å². The van der Waals surface area contributed by atoms with E-state index in [4.69, 9.17) is 0 Å². The van der Waals surface area contributed by atoms with E-state index in [1.165, 1.54) is 78.3 Å². The van der Waals surface area contributed by atoms with Gasteiger partial charge in [0.15, 0.2) is 0 Å². The van der Waals surface area contributed by atoms with Gasteiger partial charge in [-0.25, -0.2) is 0 Å². The standard InChI is InChI=1S/C28H33I/c1-3-5-7-9-22-13-15-23(16-14-22)24-17-19-25(20-18-24)26-10-8-11-27(21-26)28(29)12-6-4-2/h8,10-11,13-21,28H,3-7,9,12H2,1-2H3. The zero-order valence-electron chi connectivity index (χ0n) is 17.8. The quantitative estimate of drug-likeness (QED) is 0.149. The van der Waals surface area contributed by atoms with Crippen LogP contribution in [0.15, 0.2) is 72.8 Å². The summed E-state index contributed by atoms with van der Waals surface area (Å²) in [5.74, 6) is 0. The van der Waals surface area contributed by atoms with Crippen LogP contribution in [0.3, 0.4) is 0 Å². The van der Waals surface area contributed by atoms with Gasteiger partial charge < -0.3 is 0 Å². The number of aryl methyl sites for hydroxylation is 1. The third-order valence-electron chi connectivity index (χ3n) is 5.63. The summed E-state index contributed by atoms with van der Waals surface area (Å²) in [6.07, 6.45) is 8.91. The molecule has 0 aliphatic carbocycles. The zero-order chi connectivity index (χ0) is 20.5. The molecule has 0 N–H and O–H groups in total. The molecule has 152 valence electrons. The van der Waals surface area contributed by atoms with Crippen molar-refractivity contribution in [1.82, 2.24) is 0 Å². The SMILES string of the molecule is CCCCCc1ccc(-c2ccc(-c3cccc(C(I)CCCC)c3)cc2)cc1. The highest BCUT2D eigenvalue weighted by Crippen LogP contribution is 2.32. The van der Waals surface area contributed by atoms with Gasteiger partial charge in [-0.1, -0.05) is 135 Å². The fourth-order valence-corrected chi connectivity index (χ4v) is 4.59. The highest BCUT2D eigenvalue weighted by Gasteiger charge is 2.08. The molecule has 0 saturated carbocycles. The van der Waals surface area contributed by atoms with Crippen LogP contribution in [0.25, 0.3) is 22.3 Å². The van der Waals surface area contributed by atoms with E-state index in [0.717, 1.165) is 0 Å². The minimum Gasteiger partial charge on any atom is -0.0774 e. The summed E-state index contributed by atoms with van der Waals surface area (Å²) in [6.45, 7) is 4.52. The largest absolute Gasteiger partial charge is 0.0774 e. The zero-order valence-corrected chi connectivity index (χ0v) is 20.0. The molecule has 0 amide bonds. The van der Waals surface area contributed by atoms with E-state index in [9.17, 15) is 0 Å². The fourth-order valence-electron chi connectivity index (χ4n) is 3.76. The van der Waals surface area contributed by atoms with E-state index in [1.54, 1.807) is 0 Å². The number of rotatable bonds is 10. The summed E-state index contributed by atoms with van der Waals surface area (Å²) in [7, 11) is 0. The van der Waals surface area contributed by atoms with E-state index in [0.29, 0.717) is 3.92 Å². The Kier molecular flexibility index (Phi) is 8.79. The molecule has 0 aromatic heterocycles. The summed E-state index contributed by atoms with van der Waals surface area (Å²) < 4.78 is 0.600. The number of unbranched alkanes of at least 4 members (excludes halogenated alkanes) is 3. The maximum Gasteiger partial charge on any atom is 0.0359 e. The molecule has 1 heteroatoms. The molecule has 3 aromatic carbocycles. The maximum absolute atomic E-state index is 2.59. The third-order valence-corrected chi connectivity index (χ3v) is 6.98. The fraction of sp³-hybridized carbons (Fsp3) is 0.357. The van der Waals surface area contributed by atoms with Crippen molar-refractivity contribution < 1.29 is 0 Å². The van der Waals surface area contributed by atoms with Crippen molar-refractivity contribution in [3.05, 3.63) is 83.9 Å². The lowest BCUT2D eigenvalue weighted by molar-refractivity contribution is 0.717. The molecule has 0 aliphatic heterocycles. The average Bonchev–Trinajstić information content (AvgIpc) is 2.78. The van der Waals surface area contributed by atoms with Crippen LogP contribution in [0.1, 0.15) is 67.4 Å². The molecule has 0 saturated heterocycles. The molecule has 29 heavy (non-hydrogen) atoms. The van der Waals surface area contributed by atoms with Crippen molar-refractivity contribution in [2.24, 2.45) is 0 Å². The maximum atomic E-state index is 2.59. The van der Waals surface area contributed by atoms with Crippen molar-refractivity contribution in [3.8, 4) is 22.3 Å². The van der Waals surface area contributed by atoms with Gasteiger partial charge in [0.05, 0.1) is 0 Å². The van der Waals surface area contributed by atoms with Crippen LogP contribution in [-0.2, 0) is 6.42 Å². The van der Waals surface area contributed by atoms with Crippen LogP contribution in [0.2, 0.25) is 0 Å². The molecule has 0 nitrogen and oxygen atoms in total. The first-order valence-electron chi connectivity index (χ1n) is 11.1. The highest BCUT2D eigenvalue weighted by molar-refractivity contribution is 14.1. The molecule has 0 bridgehead atoms. The van der Waals surface area contributed by atoms with Crippen LogP contribution < -0.4 is 0 Å². The van der Waals surface area contributed by atoms with E-state index < -0.39 is 0 Å². The second-order valence-electron chi connectivity index (χ2n) is 7.97. The predicted octanol–water partition coefficient (Wildman–Crippen LogP) is 9.42. The van der Waals surface area contributed by atoms with E-state index in [-0.39, 0.29) is 0 Å². The predicted molar refractivity (Wildman–Crippen MR) is 137 cm³/mol. The van der Waals surface area contributed by atoms with Gasteiger partial charge in [-0.3, -0.25) is 0 Å². The topological polar surface area (TPSA) is 0 Å². The molecule has 3 aromatic rings. The summed E-state index contributed by atoms with van der Waals surface area (Å²) in [6, 6.07) is 27.2. The van der Waals surface area contributed by atoms with Crippen molar-refractivity contribution in [3.63, 3.8) is 0 Å². The number of halogens is 1. The molecular weight excluding hydrogens is 463 g/mol. The first-order valence-corrected chi connectivity index (χ1v) is 12.4. The van der Waals surface area contributed by atoms with Gasteiger partial charge >= 0.3 is 0 Å². The molecule has 3 rings (SSSR count). The van der Waals surface area contributed by atoms with Crippen LogP contribution in [0, 0.1) is 0 Å². The summed E-state index contributed by atoms with van der Waals surface area (Å²) in [5, 5.41) is 0. The number of hydrogen-bond donors (Lipinski definition) is 0. The van der Waals surface area contributed by atoms with Gasteiger partial charge in [0.1, 0.15) is 0 Å². The van der Waals surface area contributed by atoms with Crippen LogP contribution >= 0.6 is 22.6 Å². The van der Waals surface area contributed by atoms with Crippen molar-refractivity contribution >= 4 is 22.6 Å². The van der Waals surface area contributed by atoms with Crippen molar-refractivity contribution in [1.29, 1.82) is 0 Å². The Hall–Kier alpha value is -1.61. The smallest absolute Gasteiger partial charge is 0.0359 e. The molecule has 0 spiro atoms. The third kappa shape index (κ3) is 6.44. The molecule has 1 unspecified atom stereocenters. The molecule has 0 fully saturated rings.